The first-order chi connectivity index (χ1) is 9.76. The van der Waals surface area contributed by atoms with Crippen molar-refractivity contribution >= 4 is 23.4 Å². The van der Waals surface area contributed by atoms with Crippen LogP contribution in [0.1, 0.15) is 12.5 Å². The molecule has 0 amide bonds. The number of benzene rings is 2. The number of rotatable bonds is 3. The second-order valence-corrected chi connectivity index (χ2v) is 5.75. The van der Waals surface area contributed by atoms with E-state index < -0.39 is 4.87 Å². The number of hydrogen-bond donors (Lipinski definition) is 1. The molecular weight excluding hydrogens is 270 g/mol. The minimum Gasteiger partial charge on any atom is -0.463 e. The predicted octanol–water partition coefficient (Wildman–Crippen LogP) is 3.62. The van der Waals surface area contributed by atoms with Crippen LogP contribution in [0.15, 0.2) is 59.5 Å². The Morgan fingerprint density at radius 2 is 1.85 bits per heavy atom. The van der Waals surface area contributed by atoms with Crippen LogP contribution in [0.3, 0.4) is 0 Å². The van der Waals surface area contributed by atoms with Gasteiger partial charge in [-0.05, 0) is 24.6 Å². The summed E-state index contributed by atoms with van der Waals surface area (Å²) in [6.07, 6.45) is 0. The van der Waals surface area contributed by atoms with Crippen molar-refractivity contribution < 1.29 is 9.53 Å². The highest BCUT2D eigenvalue weighted by atomic mass is 32.2. The molecule has 1 heterocycles. The molecule has 4 heteroatoms. The molecular formula is C16H15NO2S. The van der Waals surface area contributed by atoms with Crippen LogP contribution < -0.4 is 5.32 Å². The lowest BCUT2D eigenvalue weighted by molar-refractivity contribution is -0.145. The number of esters is 1. The summed E-state index contributed by atoms with van der Waals surface area (Å²) >= 11 is 1.50. The highest BCUT2D eigenvalue weighted by Gasteiger charge is 2.47. The van der Waals surface area contributed by atoms with Gasteiger partial charge in [-0.1, -0.05) is 54.2 Å². The van der Waals surface area contributed by atoms with E-state index in [1.54, 1.807) is 0 Å². The first-order valence-electron chi connectivity index (χ1n) is 6.55. The normalized spacial score (nSPS) is 20.1. The van der Waals surface area contributed by atoms with Crippen LogP contribution >= 0.6 is 11.8 Å². The van der Waals surface area contributed by atoms with Crippen LogP contribution in [0, 0.1) is 0 Å². The third-order valence-electron chi connectivity index (χ3n) is 3.20. The summed E-state index contributed by atoms with van der Waals surface area (Å²) < 4.78 is 5.29. The van der Waals surface area contributed by atoms with Crippen LogP contribution in [-0.2, 0) is 14.4 Å². The maximum atomic E-state index is 12.5. The van der Waals surface area contributed by atoms with Crippen LogP contribution in [0.2, 0.25) is 0 Å². The van der Waals surface area contributed by atoms with Gasteiger partial charge in [-0.25, -0.2) is 4.79 Å². The molecule has 1 aliphatic heterocycles. The summed E-state index contributed by atoms with van der Waals surface area (Å²) in [5.41, 5.74) is 1.87. The summed E-state index contributed by atoms with van der Waals surface area (Å²) in [5, 5.41) is 3.34. The van der Waals surface area contributed by atoms with Gasteiger partial charge in [0.2, 0.25) is 4.87 Å². The molecule has 2 aromatic rings. The van der Waals surface area contributed by atoms with E-state index in [1.807, 2.05) is 61.5 Å². The molecule has 102 valence electrons. The number of anilines is 1. The zero-order valence-electron chi connectivity index (χ0n) is 11.1. The van der Waals surface area contributed by atoms with Crippen molar-refractivity contribution in [1.29, 1.82) is 0 Å². The fraction of sp³-hybridized carbons (Fsp3) is 0.188. The van der Waals surface area contributed by atoms with E-state index in [-0.39, 0.29) is 5.97 Å². The fourth-order valence-electron chi connectivity index (χ4n) is 2.29. The predicted molar refractivity (Wildman–Crippen MR) is 80.7 cm³/mol. The van der Waals surface area contributed by atoms with Gasteiger partial charge < -0.3 is 10.1 Å². The minimum atomic E-state index is -0.888. The summed E-state index contributed by atoms with van der Waals surface area (Å²) in [5.74, 6) is -0.257. The third kappa shape index (κ3) is 2.06. The Balaban J connectivity index is 2.06. The molecule has 3 rings (SSSR count). The van der Waals surface area contributed by atoms with E-state index in [2.05, 4.69) is 5.32 Å². The molecule has 0 fully saturated rings. The average molecular weight is 285 g/mol. The van der Waals surface area contributed by atoms with Crippen molar-refractivity contribution in [3.05, 3.63) is 60.2 Å². The van der Waals surface area contributed by atoms with Crippen LogP contribution in [-0.4, -0.2) is 12.6 Å². The van der Waals surface area contributed by atoms with E-state index in [9.17, 15) is 4.79 Å². The molecule has 3 nitrogen and oxygen atoms in total. The zero-order valence-corrected chi connectivity index (χ0v) is 11.9. The zero-order chi connectivity index (χ0) is 14.0. The highest BCUT2D eigenvalue weighted by Crippen LogP contribution is 2.51. The highest BCUT2D eigenvalue weighted by molar-refractivity contribution is 8.01. The van der Waals surface area contributed by atoms with Crippen LogP contribution in [0.25, 0.3) is 0 Å². The minimum absolute atomic E-state index is 0.257. The lowest BCUT2D eigenvalue weighted by Crippen LogP contribution is -2.39. The monoisotopic (exact) mass is 285 g/mol. The van der Waals surface area contributed by atoms with Gasteiger partial charge in [0.1, 0.15) is 0 Å². The molecule has 1 atom stereocenters. The number of thioether (sulfide) groups is 1. The van der Waals surface area contributed by atoms with Gasteiger partial charge >= 0.3 is 5.97 Å². The lowest BCUT2D eigenvalue weighted by atomic mass is 10.1. The maximum Gasteiger partial charge on any atom is 0.347 e. The second kappa shape index (κ2) is 5.21. The number of nitrogens with one attached hydrogen (secondary N) is 1. The Kier molecular flexibility index (Phi) is 3.40. The molecule has 0 saturated heterocycles. The first kappa shape index (κ1) is 13.1. The summed E-state index contributed by atoms with van der Waals surface area (Å²) in [7, 11) is 0. The molecule has 0 unspecified atom stereocenters. The summed E-state index contributed by atoms with van der Waals surface area (Å²) in [6, 6.07) is 17.6. The molecule has 0 bridgehead atoms. The van der Waals surface area contributed by atoms with Gasteiger partial charge in [0, 0.05) is 10.6 Å². The second-order valence-electron chi connectivity index (χ2n) is 4.49. The summed E-state index contributed by atoms with van der Waals surface area (Å²) in [4.78, 5) is 12.7. The first-order valence-corrected chi connectivity index (χ1v) is 7.37. The lowest BCUT2D eigenvalue weighted by Gasteiger charge is -2.27. The van der Waals surface area contributed by atoms with Crippen molar-refractivity contribution in [3.63, 3.8) is 0 Å². The van der Waals surface area contributed by atoms with E-state index >= 15 is 0 Å². The number of carbonyl (C=O) groups is 1. The smallest absolute Gasteiger partial charge is 0.347 e. The molecule has 1 N–H and O–H groups in total. The van der Waals surface area contributed by atoms with Gasteiger partial charge in [-0.2, -0.15) is 0 Å². The molecule has 2 aromatic carbocycles. The number of para-hydroxylation sites is 1. The Bertz CT molecular complexity index is 602. The van der Waals surface area contributed by atoms with Crippen molar-refractivity contribution in [1.82, 2.24) is 0 Å². The van der Waals surface area contributed by atoms with Gasteiger partial charge in [-0.15, -0.1) is 0 Å². The van der Waals surface area contributed by atoms with Gasteiger partial charge in [-0.3, -0.25) is 0 Å². The average Bonchev–Trinajstić information content (AvgIpc) is 2.89. The molecule has 0 aromatic heterocycles. The number of ether oxygens (including phenoxy) is 1. The van der Waals surface area contributed by atoms with Crippen LogP contribution in [0.5, 0.6) is 0 Å². The van der Waals surface area contributed by atoms with Crippen LogP contribution in [0.4, 0.5) is 5.69 Å². The van der Waals surface area contributed by atoms with Gasteiger partial charge in [0.15, 0.2) is 0 Å². The molecule has 0 saturated carbocycles. The maximum absolute atomic E-state index is 12.5. The SMILES string of the molecule is CCOC(=O)[C@@]1(c2ccccc2)Nc2ccccc2S1. The standard InChI is InChI=1S/C16H15NO2S/c1-2-19-15(18)16(12-8-4-3-5-9-12)17-13-10-6-7-11-14(13)20-16/h3-11,17H,2H2,1H3/t16-/m0/s1. The topological polar surface area (TPSA) is 38.3 Å². The van der Waals surface area contributed by atoms with Crippen molar-refractivity contribution in [2.24, 2.45) is 0 Å². The Morgan fingerprint density at radius 3 is 2.55 bits per heavy atom. The Labute approximate surface area is 122 Å². The molecule has 0 radical (unpaired) electrons. The largest absolute Gasteiger partial charge is 0.463 e. The number of fused-ring (bicyclic) bond motifs is 1. The van der Waals surface area contributed by atoms with Gasteiger partial charge in [0.25, 0.3) is 0 Å². The van der Waals surface area contributed by atoms with Gasteiger partial charge in [0.05, 0.1) is 6.61 Å². The molecule has 0 spiro atoms. The Hall–Kier alpha value is -1.94. The fourth-order valence-corrected chi connectivity index (χ4v) is 3.55. The molecule has 0 aliphatic carbocycles. The van der Waals surface area contributed by atoms with E-state index in [0.29, 0.717) is 6.61 Å². The van der Waals surface area contributed by atoms with Crippen molar-refractivity contribution in [3.8, 4) is 0 Å². The summed E-state index contributed by atoms with van der Waals surface area (Å²) in [6.45, 7) is 2.19. The Morgan fingerprint density at radius 1 is 1.15 bits per heavy atom. The van der Waals surface area contributed by atoms with E-state index in [0.717, 1.165) is 16.1 Å². The van der Waals surface area contributed by atoms with E-state index in [4.69, 9.17) is 4.74 Å². The number of hydrogen-bond acceptors (Lipinski definition) is 4. The molecule has 1 aliphatic rings. The van der Waals surface area contributed by atoms with Crippen molar-refractivity contribution in [2.75, 3.05) is 11.9 Å². The quantitative estimate of drug-likeness (QED) is 0.874. The third-order valence-corrected chi connectivity index (χ3v) is 4.59. The molecule has 20 heavy (non-hydrogen) atoms. The number of carbonyl (C=O) groups excluding carboxylic acids is 1. The van der Waals surface area contributed by atoms with E-state index in [1.165, 1.54) is 11.8 Å². The van der Waals surface area contributed by atoms with Crippen molar-refractivity contribution in [2.45, 2.75) is 16.7 Å².